The molecule has 1 fully saturated rings. The Bertz CT molecular complexity index is 2570. The standard InChI is InChI=1S/C50H62BrN5O13/c1-25-11-10-12-26(2)49(65)53-40-34(23-52-54-36(58)24-55-18-20-56(21-19-55)33-15-13-32(51)14-16-33)44(62)37-38(45(40)63)43(61)30(6)47-39(37)48(64)50(8,69-47)67-22-17-35(66-9)27(3)46(68-31(7)57)29(5)42(60)28(4)41(25)59/h10-17,22-23,25,27-29,35,41-42,46,59-63H,18-21,24H2,1-9H3,(H,53,65)(H,54,58)/b11-10+,22-17+,26-12-,52-23?/t25-,27-,28-,29-,35+,41+,42-,46-,50+/m1/s1. The second-order valence-corrected chi connectivity index (χ2v) is 19.1. The van der Waals surface area contributed by atoms with Crippen LogP contribution in [0.4, 0.5) is 11.4 Å². The van der Waals surface area contributed by atoms with Gasteiger partial charge in [0.2, 0.25) is 0 Å². The Labute approximate surface area is 409 Å². The number of nitrogens with one attached hydrogen (secondary N) is 2. The van der Waals surface area contributed by atoms with Crippen LogP contribution < -0.4 is 20.4 Å². The zero-order valence-electron chi connectivity index (χ0n) is 40.1. The molecule has 372 valence electrons. The minimum Gasteiger partial charge on any atom is -0.507 e. The van der Waals surface area contributed by atoms with Crippen LogP contribution in [0.15, 0.2) is 70.0 Å². The highest BCUT2D eigenvalue weighted by atomic mass is 79.9. The number of phenolic OH excluding ortho intramolecular Hbond substituents is 3. The van der Waals surface area contributed by atoms with Crippen LogP contribution in [-0.4, -0.2) is 130 Å². The van der Waals surface area contributed by atoms with E-state index in [0.29, 0.717) is 26.2 Å². The molecule has 5 bridgehead atoms. The number of anilines is 2. The Kier molecular flexibility index (Phi) is 16.5. The van der Waals surface area contributed by atoms with E-state index < -0.39 is 106 Å². The number of allylic oxidation sites excluding steroid dienone is 2. The van der Waals surface area contributed by atoms with Crippen LogP contribution in [0.3, 0.4) is 0 Å². The zero-order valence-corrected chi connectivity index (χ0v) is 41.7. The number of ketones is 1. The Morgan fingerprint density at radius 3 is 2.25 bits per heavy atom. The highest BCUT2D eigenvalue weighted by molar-refractivity contribution is 9.10. The van der Waals surface area contributed by atoms with Crippen molar-refractivity contribution in [3.05, 3.63) is 81.6 Å². The molecule has 0 spiro atoms. The molecule has 1 saturated heterocycles. The quantitative estimate of drug-likeness (QED) is 0.0487. The number of aromatic hydroxyl groups is 3. The number of Topliss-reactive ketones (excluding diaryl/α,β-unsaturated/α-hetero) is 1. The van der Waals surface area contributed by atoms with Crippen molar-refractivity contribution >= 4 is 67.9 Å². The number of ether oxygens (including phenoxy) is 4. The zero-order chi connectivity index (χ0) is 50.6. The molecule has 18 nitrogen and oxygen atoms in total. The third-order valence-electron chi connectivity index (χ3n) is 13.3. The summed E-state index contributed by atoms with van der Waals surface area (Å²) in [6.45, 7) is 14.9. The average Bonchev–Trinajstić information content (AvgIpc) is 3.58. The predicted molar refractivity (Wildman–Crippen MR) is 262 cm³/mol. The van der Waals surface area contributed by atoms with Crippen LogP contribution >= 0.6 is 15.9 Å². The summed E-state index contributed by atoms with van der Waals surface area (Å²) in [6.07, 6.45) is 4.26. The van der Waals surface area contributed by atoms with Crippen molar-refractivity contribution in [3.63, 3.8) is 0 Å². The Morgan fingerprint density at radius 2 is 1.61 bits per heavy atom. The molecule has 0 radical (unpaired) electrons. The second kappa shape index (κ2) is 21.8. The van der Waals surface area contributed by atoms with E-state index in [1.54, 1.807) is 39.8 Å². The summed E-state index contributed by atoms with van der Waals surface area (Å²) in [5, 5.41) is 64.7. The van der Waals surface area contributed by atoms with Crippen molar-refractivity contribution in [2.24, 2.45) is 28.8 Å². The first kappa shape index (κ1) is 52.4. The van der Waals surface area contributed by atoms with Crippen LogP contribution in [0, 0.1) is 30.6 Å². The first-order chi connectivity index (χ1) is 32.6. The SMILES string of the molecule is CO[C@H]1/C=C/O[C@@]2(C)Oc3c(C)c(O)c4c(O)c(c(C=NNC(=O)CN5CCN(c6ccc(Br)cc6)CC5)c(O)c4c3C2=O)NC(=O)/C(C)=C\C=C\[C@@H](C)[C@H](O)[C@@H](C)[C@@H](O)[C@@H](C)[C@H](OC(C)=O)[C@@H]1C. The fourth-order valence-corrected chi connectivity index (χ4v) is 9.36. The van der Waals surface area contributed by atoms with E-state index in [4.69, 9.17) is 18.9 Å². The fourth-order valence-electron chi connectivity index (χ4n) is 9.10. The molecule has 3 aromatic rings. The average molecular weight is 1020 g/mol. The number of carbonyl (C=O) groups is 4. The topological polar surface area (TPSA) is 249 Å². The van der Waals surface area contributed by atoms with Gasteiger partial charge in [-0.1, -0.05) is 61.9 Å². The van der Waals surface area contributed by atoms with Crippen LogP contribution in [-0.2, 0) is 28.6 Å². The highest BCUT2D eigenvalue weighted by Crippen LogP contribution is 2.55. The van der Waals surface area contributed by atoms with Gasteiger partial charge in [-0.25, -0.2) is 5.43 Å². The number of aliphatic hydroxyl groups excluding tert-OH is 2. The molecule has 4 aliphatic heterocycles. The van der Waals surface area contributed by atoms with Gasteiger partial charge in [-0.2, -0.15) is 5.10 Å². The number of amides is 2. The van der Waals surface area contributed by atoms with Gasteiger partial charge in [0.15, 0.2) is 5.75 Å². The maximum Gasteiger partial charge on any atom is 0.312 e. The molecule has 19 heteroatoms. The van der Waals surface area contributed by atoms with Crippen molar-refractivity contribution < 1.29 is 63.7 Å². The summed E-state index contributed by atoms with van der Waals surface area (Å²) in [4.78, 5) is 58.2. The first-order valence-electron chi connectivity index (χ1n) is 22.7. The van der Waals surface area contributed by atoms with Gasteiger partial charge in [-0.05, 0) is 44.2 Å². The van der Waals surface area contributed by atoms with Gasteiger partial charge in [0, 0.05) is 97.5 Å². The summed E-state index contributed by atoms with van der Waals surface area (Å²) >= 11 is 3.46. The predicted octanol–water partition coefficient (Wildman–Crippen LogP) is 5.79. The molecule has 0 saturated carbocycles. The number of carbonyl (C=O) groups excluding carboxylic acids is 4. The summed E-state index contributed by atoms with van der Waals surface area (Å²) in [6, 6.07) is 7.97. The lowest BCUT2D eigenvalue weighted by Crippen LogP contribution is -2.49. The van der Waals surface area contributed by atoms with E-state index in [9.17, 15) is 44.7 Å². The van der Waals surface area contributed by atoms with Crippen molar-refractivity contribution in [2.75, 3.05) is 50.1 Å². The maximum atomic E-state index is 14.5. The van der Waals surface area contributed by atoms with E-state index in [-0.39, 0.29) is 39.9 Å². The van der Waals surface area contributed by atoms with Crippen LogP contribution in [0.5, 0.6) is 23.0 Å². The molecule has 9 atom stereocenters. The van der Waals surface area contributed by atoms with E-state index in [1.807, 2.05) is 29.2 Å². The highest BCUT2D eigenvalue weighted by Gasteiger charge is 2.50. The number of phenols is 3. The number of fused-ring (bicyclic) bond motifs is 14. The van der Waals surface area contributed by atoms with Gasteiger partial charge in [-0.15, -0.1) is 0 Å². The summed E-state index contributed by atoms with van der Waals surface area (Å²) in [5.74, 6) is -9.61. The molecular formula is C50H62BrN5O13. The number of esters is 1. The molecule has 7 N–H and O–H groups in total. The molecule has 2 amide bonds. The van der Waals surface area contributed by atoms with Crippen LogP contribution in [0.25, 0.3) is 10.8 Å². The number of piperazine rings is 1. The number of hydrogen-bond donors (Lipinski definition) is 7. The van der Waals surface area contributed by atoms with Crippen LogP contribution in [0.1, 0.15) is 70.0 Å². The number of hydrogen-bond acceptors (Lipinski definition) is 16. The number of benzene rings is 3. The molecule has 3 aromatic carbocycles. The van der Waals surface area contributed by atoms with Gasteiger partial charge in [-0.3, -0.25) is 24.1 Å². The van der Waals surface area contributed by atoms with Gasteiger partial charge in [0.25, 0.3) is 17.6 Å². The Hall–Kier alpha value is -5.99. The smallest absolute Gasteiger partial charge is 0.312 e. The summed E-state index contributed by atoms with van der Waals surface area (Å²) in [5.41, 5.74) is 2.61. The minimum absolute atomic E-state index is 0.00193. The molecular weight excluding hydrogens is 958 g/mol. The summed E-state index contributed by atoms with van der Waals surface area (Å²) < 4.78 is 24.6. The largest absolute Gasteiger partial charge is 0.507 e. The lowest BCUT2D eigenvalue weighted by Gasteiger charge is -2.38. The number of aliphatic hydroxyl groups is 2. The molecule has 4 heterocycles. The van der Waals surface area contributed by atoms with Crippen molar-refractivity contribution in [2.45, 2.75) is 85.6 Å². The number of nitrogens with zero attached hydrogens (tertiary/aromatic N) is 3. The number of hydrazone groups is 1. The second-order valence-electron chi connectivity index (χ2n) is 18.2. The van der Waals surface area contributed by atoms with Crippen molar-refractivity contribution in [1.29, 1.82) is 0 Å². The van der Waals surface area contributed by atoms with Crippen molar-refractivity contribution in [1.82, 2.24) is 10.3 Å². The van der Waals surface area contributed by atoms with E-state index in [2.05, 4.69) is 36.7 Å². The van der Waals surface area contributed by atoms with E-state index >= 15 is 0 Å². The van der Waals surface area contributed by atoms with Gasteiger partial charge in [0.05, 0.1) is 59.5 Å². The third-order valence-corrected chi connectivity index (χ3v) is 13.9. The molecule has 69 heavy (non-hydrogen) atoms. The summed E-state index contributed by atoms with van der Waals surface area (Å²) in [7, 11) is 1.42. The van der Waals surface area contributed by atoms with E-state index in [1.165, 1.54) is 53.2 Å². The fraction of sp³-hybridized carbons (Fsp3) is 0.460. The third kappa shape index (κ3) is 11.1. The number of methoxy groups -OCH3 is 1. The Morgan fingerprint density at radius 1 is 0.942 bits per heavy atom. The van der Waals surface area contributed by atoms with E-state index in [0.717, 1.165) is 16.4 Å². The van der Waals surface area contributed by atoms with Crippen molar-refractivity contribution in [3.8, 4) is 23.0 Å². The van der Waals surface area contributed by atoms with Gasteiger partial charge < -0.3 is 54.7 Å². The molecule has 0 unspecified atom stereocenters. The monoisotopic (exact) mass is 1020 g/mol. The molecule has 7 rings (SSSR count). The lowest BCUT2D eigenvalue weighted by molar-refractivity contribution is -0.160. The van der Waals surface area contributed by atoms with Gasteiger partial charge in [0.1, 0.15) is 23.4 Å². The normalized spacial score (nSPS) is 29.0. The van der Waals surface area contributed by atoms with Crippen LogP contribution in [0.2, 0.25) is 0 Å². The minimum atomic E-state index is -2.11. The molecule has 0 aromatic heterocycles. The molecule has 0 aliphatic carbocycles. The number of rotatable bonds is 7. The number of halogens is 1. The first-order valence-corrected chi connectivity index (χ1v) is 23.5. The molecule has 4 aliphatic rings. The lowest BCUT2D eigenvalue weighted by atomic mass is 9.78. The maximum absolute atomic E-state index is 14.5. The Balaban J connectivity index is 1.40. The van der Waals surface area contributed by atoms with Gasteiger partial charge >= 0.3 is 11.8 Å².